The van der Waals surface area contributed by atoms with Crippen LogP contribution in [0.3, 0.4) is 0 Å². The van der Waals surface area contributed by atoms with Gasteiger partial charge in [-0.05, 0) is 44.7 Å². The van der Waals surface area contributed by atoms with Gasteiger partial charge < -0.3 is 9.84 Å². The number of phenols is 1. The molecule has 111 valence electrons. The first-order valence-corrected chi connectivity index (χ1v) is 7.18. The van der Waals surface area contributed by atoms with E-state index < -0.39 is 0 Å². The van der Waals surface area contributed by atoms with Crippen molar-refractivity contribution in [2.45, 2.75) is 46.0 Å². The summed E-state index contributed by atoms with van der Waals surface area (Å²) < 4.78 is 5.68. The molecule has 0 amide bonds. The number of Topliss-reactive ketones (excluding diaryl/α,β-unsaturated/α-hetero) is 1. The van der Waals surface area contributed by atoms with Gasteiger partial charge in [0.25, 0.3) is 0 Å². The molecule has 1 N–H and O–H groups in total. The normalized spacial score (nSPS) is 10.6. The van der Waals surface area contributed by atoms with Crippen LogP contribution >= 0.6 is 0 Å². The summed E-state index contributed by atoms with van der Waals surface area (Å²) in [5.74, 6) is 0.523. The molecule has 0 heterocycles. The lowest BCUT2D eigenvalue weighted by Crippen LogP contribution is -2.03. The second-order valence-corrected chi connectivity index (χ2v) is 4.86. The minimum absolute atomic E-state index is 0.0383. The Kier molecular flexibility index (Phi) is 7.09. The molecule has 4 heteroatoms. The minimum atomic E-state index is -0.151. The minimum Gasteiger partial charge on any atom is -0.507 e. The fraction of sp³-hybridized carbons (Fsp3) is 0.562. The average Bonchev–Trinajstić information content (AvgIpc) is 2.41. The molecule has 20 heavy (non-hydrogen) atoms. The van der Waals surface area contributed by atoms with Gasteiger partial charge >= 0.3 is 0 Å². The summed E-state index contributed by atoms with van der Waals surface area (Å²) in [6.07, 6.45) is 3.87. The van der Waals surface area contributed by atoms with Crippen LogP contribution in [0.2, 0.25) is 0 Å². The molecule has 0 aromatic heterocycles. The number of hydrogen-bond donors (Lipinski definition) is 1. The Morgan fingerprint density at radius 2 is 2.00 bits per heavy atom. The number of carbonyl (C=O) groups excluding carboxylic acids is 1. The summed E-state index contributed by atoms with van der Waals surface area (Å²) in [6, 6.07) is 3.35. The fourth-order valence-corrected chi connectivity index (χ4v) is 2.09. The number of ether oxygens (including phenoxy) is 1. The van der Waals surface area contributed by atoms with Crippen LogP contribution in [-0.2, 0) is 11.5 Å². The molecule has 0 aliphatic rings. The lowest BCUT2D eigenvalue weighted by Gasteiger charge is -2.14. The molecule has 0 spiro atoms. The van der Waals surface area contributed by atoms with Gasteiger partial charge in [0.15, 0.2) is 5.78 Å². The van der Waals surface area contributed by atoms with Crippen LogP contribution in [0.1, 0.15) is 55.5 Å². The Labute approximate surface area is 120 Å². The van der Waals surface area contributed by atoms with E-state index in [4.69, 9.17) is 4.74 Å². The second-order valence-electron chi connectivity index (χ2n) is 4.86. The van der Waals surface area contributed by atoms with Crippen molar-refractivity contribution in [3.63, 3.8) is 0 Å². The fourth-order valence-electron chi connectivity index (χ4n) is 2.09. The topological polar surface area (TPSA) is 66.4 Å². The first-order chi connectivity index (χ1) is 9.61. The second kappa shape index (κ2) is 8.59. The lowest BCUT2D eigenvalue weighted by atomic mass is 10.0. The molecule has 0 aliphatic carbocycles. The summed E-state index contributed by atoms with van der Waals surface area (Å²) >= 11 is 0. The number of phenolic OH excluding ortho intramolecular Hbond substituents is 1. The molecule has 0 fully saturated rings. The van der Waals surface area contributed by atoms with E-state index >= 15 is 0 Å². The van der Waals surface area contributed by atoms with E-state index in [1.165, 1.54) is 6.92 Å². The average molecular weight is 279 g/mol. The Morgan fingerprint density at radius 1 is 1.25 bits per heavy atom. The maximum Gasteiger partial charge on any atom is 0.163 e. The number of aromatic hydroxyl groups is 1. The summed E-state index contributed by atoms with van der Waals surface area (Å²) in [7, 11) is 0. The molecule has 0 bridgehead atoms. The third-order valence-corrected chi connectivity index (χ3v) is 3.17. The standard InChI is InChI=1S/C16H23O4/c1-3-7-14-15(20-11-6-4-5-10-17)9-8-13(12(2)18)16(14)19/h8-9,19H,3-7,10-11H2,1-2H3. The quantitative estimate of drug-likeness (QED) is 0.555. The lowest BCUT2D eigenvalue weighted by molar-refractivity contribution is 0.101. The highest BCUT2D eigenvalue weighted by atomic mass is 16.5. The smallest absolute Gasteiger partial charge is 0.163 e. The van der Waals surface area contributed by atoms with Gasteiger partial charge in [0, 0.05) is 5.56 Å². The van der Waals surface area contributed by atoms with Crippen LogP contribution in [-0.4, -0.2) is 24.1 Å². The monoisotopic (exact) mass is 279 g/mol. The van der Waals surface area contributed by atoms with Crippen LogP contribution in [0.15, 0.2) is 12.1 Å². The highest BCUT2D eigenvalue weighted by Gasteiger charge is 2.15. The number of hydrogen-bond acceptors (Lipinski definition) is 3. The van der Waals surface area contributed by atoms with Crippen LogP contribution in [0.4, 0.5) is 0 Å². The van der Waals surface area contributed by atoms with E-state index in [-0.39, 0.29) is 18.1 Å². The highest BCUT2D eigenvalue weighted by molar-refractivity contribution is 5.97. The Hall–Kier alpha value is -1.55. The summed E-state index contributed by atoms with van der Waals surface area (Å²) in [4.78, 5) is 11.4. The molecule has 0 atom stereocenters. The van der Waals surface area contributed by atoms with Crippen LogP contribution in [0.5, 0.6) is 11.5 Å². The largest absolute Gasteiger partial charge is 0.507 e. The van der Waals surface area contributed by atoms with Crippen molar-refractivity contribution in [3.8, 4) is 11.5 Å². The van der Waals surface area contributed by atoms with Gasteiger partial charge in [-0.1, -0.05) is 13.3 Å². The molecule has 0 unspecified atom stereocenters. The summed E-state index contributed by atoms with van der Waals surface area (Å²) in [6.45, 7) is 3.93. The molecular weight excluding hydrogens is 256 g/mol. The molecule has 1 rings (SSSR count). The van der Waals surface area contributed by atoms with Crippen molar-refractivity contribution < 1.29 is 19.7 Å². The van der Waals surface area contributed by atoms with E-state index in [0.717, 1.165) is 19.3 Å². The highest BCUT2D eigenvalue weighted by Crippen LogP contribution is 2.33. The van der Waals surface area contributed by atoms with Gasteiger partial charge in [-0.2, -0.15) is 0 Å². The number of benzene rings is 1. The molecule has 1 aromatic carbocycles. The first-order valence-electron chi connectivity index (χ1n) is 7.18. The first kappa shape index (κ1) is 16.5. The molecule has 1 aromatic rings. The van der Waals surface area contributed by atoms with Gasteiger partial charge in [-0.15, -0.1) is 0 Å². The van der Waals surface area contributed by atoms with Crippen LogP contribution in [0, 0.1) is 0 Å². The number of rotatable bonds is 9. The zero-order valence-electron chi connectivity index (χ0n) is 12.3. The van der Waals surface area contributed by atoms with E-state index in [1.807, 2.05) is 6.92 Å². The zero-order chi connectivity index (χ0) is 15.0. The molecule has 4 nitrogen and oxygen atoms in total. The van der Waals surface area contributed by atoms with Gasteiger partial charge in [0.2, 0.25) is 0 Å². The Bertz CT molecular complexity index is 440. The maximum absolute atomic E-state index is 11.4. The van der Waals surface area contributed by atoms with Gasteiger partial charge in [-0.25, -0.2) is 5.11 Å². The van der Waals surface area contributed by atoms with Gasteiger partial charge in [0.05, 0.1) is 18.8 Å². The van der Waals surface area contributed by atoms with Crippen molar-refractivity contribution >= 4 is 5.78 Å². The molecule has 0 saturated heterocycles. The number of unbranched alkanes of at least 4 members (excludes halogenated alkanes) is 2. The van der Waals surface area contributed by atoms with Crippen molar-refractivity contribution in [1.29, 1.82) is 0 Å². The predicted molar refractivity (Wildman–Crippen MR) is 77.0 cm³/mol. The van der Waals surface area contributed by atoms with E-state index in [0.29, 0.717) is 36.3 Å². The Morgan fingerprint density at radius 3 is 2.60 bits per heavy atom. The molecular formula is C16H23O4. The zero-order valence-corrected chi connectivity index (χ0v) is 12.3. The maximum atomic E-state index is 11.4. The van der Waals surface area contributed by atoms with Gasteiger partial charge in [0.1, 0.15) is 11.5 Å². The predicted octanol–water partition coefficient (Wildman–Crippen LogP) is 3.53. The van der Waals surface area contributed by atoms with E-state index in [9.17, 15) is 15.0 Å². The summed E-state index contributed by atoms with van der Waals surface area (Å²) in [5, 5.41) is 20.5. The van der Waals surface area contributed by atoms with Gasteiger partial charge in [-0.3, -0.25) is 4.79 Å². The summed E-state index contributed by atoms with van der Waals surface area (Å²) in [5.41, 5.74) is 1.04. The van der Waals surface area contributed by atoms with Crippen molar-refractivity contribution in [3.05, 3.63) is 23.3 Å². The number of carbonyl (C=O) groups is 1. The van der Waals surface area contributed by atoms with Crippen molar-refractivity contribution in [2.24, 2.45) is 0 Å². The molecule has 1 radical (unpaired) electrons. The van der Waals surface area contributed by atoms with E-state index in [2.05, 4.69) is 0 Å². The molecule has 0 aliphatic heterocycles. The third kappa shape index (κ3) is 4.53. The molecule has 0 saturated carbocycles. The third-order valence-electron chi connectivity index (χ3n) is 3.17. The van der Waals surface area contributed by atoms with E-state index in [1.54, 1.807) is 12.1 Å². The van der Waals surface area contributed by atoms with Crippen LogP contribution < -0.4 is 4.74 Å². The van der Waals surface area contributed by atoms with Crippen molar-refractivity contribution in [1.82, 2.24) is 0 Å². The number of ketones is 1. The SMILES string of the molecule is CCCc1c(OCCCCC[O])ccc(C(C)=O)c1O. The Balaban J connectivity index is 2.79. The van der Waals surface area contributed by atoms with Crippen LogP contribution in [0.25, 0.3) is 0 Å². The van der Waals surface area contributed by atoms with Crippen molar-refractivity contribution in [2.75, 3.05) is 13.2 Å².